The van der Waals surface area contributed by atoms with Gasteiger partial charge in [-0.25, -0.2) is 23.2 Å². The lowest BCUT2D eigenvalue weighted by molar-refractivity contribution is -0.0206. The molecule has 2 saturated heterocycles. The van der Waals surface area contributed by atoms with Crippen molar-refractivity contribution < 1.29 is 28.2 Å². The van der Waals surface area contributed by atoms with Crippen LogP contribution in [0.5, 0.6) is 5.75 Å². The fourth-order valence-corrected chi connectivity index (χ4v) is 5.96. The number of carbonyl (C=O) groups is 1. The van der Waals surface area contributed by atoms with E-state index in [1.807, 2.05) is 24.3 Å². The van der Waals surface area contributed by atoms with Crippen LogP contribution in [-0.2, 0) is 16.9 Å². The lowest BCUT2D eigenvalue weighted by atomic mass is 9.87. The second-order valence-corrected chi connectivity index (χ2v) is 11.0. The molecule has 0 amide bonds. The zero-order valence-electron chi connectivity index (χ0n) is 23.8. The van der Waals surface area contributed by atoms with Gasteiger partial charge in [0.1, 0.15) is 41.7 Å². The summed E-state index contributed by atoms with van der Waals surface area (Å²) in [6.45, 7) is 3.70. The summed E-state index contributed by atoms with van der Waals surface area (Å²) in [5.74, 6) is -1.97. The largest absolute Gasteiger partial charge is 0.492 e. The molecule has 44 heavy (non-hydrogen) atoms. The molecule has 10 nitrogen and oxygen atoms in total. The van der Waals surface area contributed by atoms with E-state index in [-0.39, 0.29) is 36.8 Å². The zero-order chi connectivity index (χ0) is 30.7. The van der Waals surface area contributed by atoms with E-state index < -0.39 is 23.2 Å². The van der Waals surface area contributed by atoms with Crippen LogP contribution in [0.25, 0.3) is 0 Å². The second kappa shape index (κ2) is 12.3. The predicted molar refractivity (Wildman–Crippen MR) is 157 cm³/mol. The molecule has 3 aromatic carbocycles. The minimum Gasteiger partial charge on any atom is -0.492 e. The maximum Gasteiger partial charge on any atom is 0.335 e. The first-order chi connectivity index (χ1) is 21.3. The van der Waals surface area contributed by atoms with E-state index in [0.717, 1.165) is 43.6 Å². The molecule has 0 unspecified atom stereocenters. The average Bonchev–Trinajstić information content (AvgIpc) is 3.70. The Morgan fingerprint density at radius 3 is 2.43 bits per heavy atom. The van der Waals surface area contributed by atoms with Crippen LogP contribution in [0.3, 0.4) is 0 Å². The molecule has 2 atom stereocenters. The minimum absolute atomic E-state index is 0.119. The highest BCUT2D eigenvalue weighted by atomic mass is 19.1. The van der Waals surface area contributed by atoms with E-state index in [2.05, 4.69) is 26.0 Å². The van der Waals surface area contributed by atoms with E-state index in [4.69, 9.17) is 14.6 Å². The van der Waals surface area contributed by atoms with Crippen molar-refractivity contribution in [3.05, 3.63) is 102 Å². The highest BCUT2D eigenvalue weighted by molar-refractivity contribution is 5.88. The number of carboxylic acid groups (broad SMARTS) is 1. The van der Waals surface area contributed by atoms with Crippen LogP contribution >= 0.6 is 0 Å². The van der Waals surface area contributed by atoms with Crippen molar-refractivity contribution in [2.45, 2.75) is 18.6 Å². The van der Waals surface area contributed by atoms with Crippen molar-refractivity contribution in [2.75, 3.05) is 49.2 Å². The van der Waals surface area contributed by atoms with E-state index in [1.165, 1.54) is 24.8 Å². The number of ether oxygens (including phenoxy) is 2. The molecule has 0 spiro atoms. The Hall–Kier alpha value is -5.02. The third kappa shape index (κ3) is 6.05. The molecule has 2 aliphatic rings. The average molecular weight is 601 g/mol. The summed E-state index contributed by atoms with van der Waals surface area (Å²) in [5.41, 5.74) is 1.72. The summed E-state index contributed by atoms with van der Waals surface area (Å²) >= 11 is 0. The summed E-state index contributed by atoms with van der Waals surface area (Å²) in [6, 6.07) is 18.1. The molecular weight excluding hydrogens is 570 g/mol. The van der Waals surface area contributed by atoms with E-state index in [9.17, 15) is 18.8 Å². The van der Waals surface area contributed by atoms with Crippen molar-refractivity contribution in [3.8, 4) is 11.8 Å². The van der Waals surface area contributed by atoms with Gasteiger partial charge in [-0.05, 0) is 55.0 Å². The lowest BCUT2D eigenvalue weighted by Gasteiger charge is -2.37. The van der Waals surface area contributed by atoms with Crippen molar-refractivity contribution in [1.82, 2.24) is 14.8 Å². The molecule has 12 heteroatoms. The van der Waals surface area contributed by atoms with Crippen LogP contribution in [0.15, 0.2) is 73.3 Å². The number of hydrogen-bond donors (Lipinski definition) is 1. The Labute approximate surface area is 252 Å². The van der Waals surface area contributed by atoms with Crippen LogP contribution in [-0.4, -0.2) is 65.2 Å². The minimum atomic E-state index is -1.08. The molecule has 0 radical (unpaired) electrons. The van der Waals surface area contributed by atoms with Gasteiger partial charge in [0.25, 0.3) is 0 Å². The van der Waals surface area contributed by atoms with Crippen molar-refractivity contribution in [2.24, 2.45) is 5.92 Å². The van der Waals surface area contributed by atoms with Gasteiger partial charge in [-0.1, -0.05) is 6.07 Å². The standard InChI is InChI=1S/C32H30F2N6O4/c33-25-3-7-28(29(34)14-25)32(19-40-21-36-20-37-40)15-22(18-44-32)17-43-30-8-6-27(13-24(30)16-35)39-11-9-38(10-12-39)26-4-1-23(2-5-26)31(41)42/h1-8,13-14,20-22H,9-12,15,17-19H2,(H,41,42)/t22-,32+/m1/s1. The van der Waals surface area contributed by atoms with Crippen LogP contribution in [0.2, 0.25) is 0 Å². The molecule has 0 bridgehead atoms. The molecule has 0 saturated carbocycles. The third-order valence-electron chi connectivity index (χ3n) is 8.20. The number of benzene rings is 3. The third-order valence-corrected chi connectivity index (χ3v) is 8.20. The maximum absolute atomic E-state index is 14.9. The highest BCUT2D eigenvalue weighted by Crippen LogP contribution is 2.42. The summed E-state index contributed by atoms with van der Waals surface area (Å²) in [4.78, 5) is 19.5. The number of rotatable bonds is 9. The Morgan fingerprint density at radius 1 is 1.05 bits per heavy atom. The van der Waals surface area contributed by atoms with Gasteiger partial charge in [0.05, 0.1) is 30.9 Å². The molecule has 0 aliphatic carbocycles. The van der Waals surface area contributed by atoms with Crippen molar-refractivity contribution >= 4 is 17.3 Å². The summed E-state index contributed by atoms with van der Waals surface area (Å²) < 4.78 is 42.5. The number of nitrogens with zero attached hydrogens (tertiary/aromatic N) is 6. The van der Waals surface area contributed by atoms with Gasteiger partial charge in [-0.3, -0.25) is 0 Å². The Morgan fingerprint density at radius 2 is 1.77 bits per heavy atom. The quantitative estimate of drug-likeness (QED) is 0.297. The van der Waals surface area contributed by atoms with Gasteiger partial charge >= 0.3 is 5.97 Å². The number of aromatic nitrogens is 3. The summed E-state index contributed by atoms with van der Waals surface area (Å²) in [6.07, 6.45) is 3.31. The van der Waals surface area contributed by atoms with E-state index in [1.54, 1.807) is 22.9 Å². The molecule has 6 rings (SSSR count). The Balaban J connectivity index is 1.09. The number of halogens is 2. The number of hydrogen-bond acceptors (Lipinski definition) is 8. The number of nitriles is 1. The first kappa shape index (κ1) is 29.1. The molecular formula is C32H30F2N6O4. The highest BCUT2D eigenvalue weighted by Gasteiger charge is 2.44. The van der Waals surface area contributed by atoms with Gasteiger partial charge < -0.3 is 24.4 Å². The monoisotopic (exact) mass is 600 g/mol. The molecule has 1 N–H and O–H groups in total. The number of aromatic carboxylic acids is 1. The number of piperazine rings is 1. The van der Waals surface area contributed by atoms with E-state index in [0.29, 0.717) is 17.7 Å². The predicted octanol–water partition coefficient (Wildman–Crippen LogP) is 4.46. The normalized spacial score (nSPS) is 20.0. The second-order valence-electron chi connectivity index (χ2n) is 11.0. The number of anilines is 2. The van der Waals surface area contributed by atoms with Gasteiger partial charge in [0.2, 0.25) is 0 Å². The first-order valence-corrected chi connectivity index (χ1v) is 14.3. The molecule has 4 aromatic rings. The van der Waals surface area contributed by atoms with Gasteiger partial charge in [-0.2, -0.15) is 10.4 Å². The fraction of sp³-hybridized carbons (Fsp3) is 0.312. The van der Waals surface area contributed by atoms with Gasteiger partial charge in [0.15, 0.2) is 0 Å². The lowest BCUT2D eigenvalue weighted by Crippen LogP contribution is -2.46. The van der Waals surface area contributed by atoms with Crippen molar-refractivity contribution in [1.29, 1.82) is 5.26 Å². The Bertz CT molecular complexity index is 1670. The van der Waals surface area contributed by atoms with Crippen molar-refractivity contribution in [3.63, 3.8) is 0 Å². The molecule has 1 aromatic heterocycles. The maximum atomic E-state index is 14.9. The number of carboxylic acids is 1. The molecule has 2 fully saturated rings. The van der Waals surface area contributed by atoms with Crippen LogP contribution in [0.4, 0.5) is 20.2 Å². The summed E-state index contributed by atoms with van der Waals surface area (Å²) in [7, 11) is 0. The van der Waals surface area contributed by atoms with Gasteiger partial charge in [0, 0.05) is 55.1 Å². The van der Waals surface area contributed by atoms with E-state index >= 15 is 0 Å². The van der Waals surface area contributed by atoms with Crippen LogP contribution in [0.1, 0.15) is 27.9 Å². The van der Waals surface area contributed by atoms with Crippen LogP contribution < -0.4 is 14.5 Å². The Kier molecular flexibility index (Phi) is 8.13. The fourth-order valence-electron chi connectivity index (χ4n) is 5.96. The zero-order valence-corrected chi connectivity index (χ0v) is 23.8. The van der Waals surface area contributed by atoms with Gasteiger partial charge in [-0.15, -0.1) is 0 Å². The molecule has 2 aliphatic heterocycles. The molecule has 3 heterocycles. The topological polar surface area (TPSA) is 117 Å². The SMILES string of the molecule is N#Cc1cc(N2CCN(c3ccc(C(=O)O)cc3)CC2)ccc1OC[C@@H]1CO[C@@](Cn2cncn2)(c2ccc(F)cc2F)C1. The molecule has 226 valence electrons. The smallest absolute Gasteiger partial charge is 0.335 e. The van der Waals surface area contributed by atoms with Crippen LogP contribution in [0, 0.1) is 28.9 Å². The first-order valence-electron chi connectivity index (χ1n) is 14.3. The summed E-state index contributed by atoms with van der Waals surface area (Å²) in [5, 5.41) is 23.2.